The SMILES string of the molecule is O=C(NCCc1cnc[nH]1)c1ccc(C2CCCN2Cc2ccc(F)cc2)s1. The van der Waals surface area contributed by atoms with Crippen LogP contribution in [-0.4, -0.2) is 33.9 Å². The zero-order valence-corrected chi connectivity index (χ0v) is 16.3. The van der Waals surface area contributed by atoms with E-state index in [0.717, 1.165) is 48.5 Å². The number of thiophene rings is 1. The second-order valence-corrected chi connectivity index (χ2v) is 8.16. The van der Waals surface area contributed by atoms with E-state index in [-0.39, 0.29) is 11.7 Å². The molecule has 1 amide bonds. The summed E-state index contributed by atoms with van der Waals surface area (Å²) >= 11 is 1.57. The Morgan fingerprint density at radius 3 is 2.93 bits per heavy atom. The maximum absolute atomic E-state index is 13.1. The first-order valence-corrected chi connectivity index (χ1v) is 10.3. The number of benzene rings is 1. The Morgan fingerprint density at radius 2 is 2.14 bits per heavy atom. The van der Waals surface area contributed by atoms with Gasteiger partial charge in [-0.05, 0) is 49.2 Å². The summed E-state index contributed by atoms with van der Waals surface area (Å²) in [5.41, 5.74) is 2.12. The van der Waals surface area contributed by atoms with Crippen LogP contribution in [0.15, 0.2) is 48.9 Å². The van der Waals surface area contributed by atoms with Crippen LogP contribution in [0.2, 0.25) is 0 Å². The number of nitrogens with zero attached hydrogens (tertiary/aromatic N) is 2. The molecule has 0 spiro atoms. The Kier molecular flexibility index (Phi) is 5.83. The zero-order chi connectivity index (χ0) is 19.3. The number of hydrogen-bond acceptors (Lipinski definition) is 4. The van der Waals surface area contributed by atoms with Gasteiger partial charge in [-0.2, -0.15) is 0 Å². The monoisotopic (exact) mass is 398 g/mol. The van der Waals surface area contributed by atoms with Gasteiger partial charge < -0.3 is 10.3 Å². The van der Waals surface area contributed by atoms with Crippen LogP contribution >= 0.6 is 11.3 Å². The molecule has 1 aliphatic heterocycles. The minimum atomic E-state index is -0.205. The molecule has 3 heterocycles. The van der Waals surface area contributed by atoms with Crippen LogP contribution in [0.5, 0.6) is 0 Å². The van der Waals surface area contributed by atoms with Crippen molar-refractivity contribution < 1.29 is 9.18 Å². The predicted octanol–water partition coefficient (Wildman–Crippen LogP) is 3.92. The number of carbonyl (C=O) groups is 1. The van der Waals surface area contributed by atoms with Crippen molar-refractivity contribution in [3.63, 3.8) is 0 Å². The summed E-state index contributed by atoms with van der Waals surface area (Å²) in [6, 6.07) is 11.0. The molecule has 0 aliphatic carbocycles. The zero-order valence-electron chi connectivity index (χ0n) is 15.5. The minimum Gasteiger partial charge on any atom is -0.351 e. The van der Waals surface area contributed by atoms with Gasteiger partial charge in [-0.3, -0.25) is 9.69 Å². The van der Waals surface area contributed by atoms with Crippen molar-refractivity contribution in [2.45, 2.75) is 31.8 Å². The van der Waals surface area contributed by atoms with Crippen LogP contribution in [0.25, 0.3) is 0 Å². The molecule has 1 aliphatic rings. The van der Waals surface area contributed by atoms with E-state index in [0.29, 0.717) is 12.6 Å². The number of H-pyrrole nitrogens is 1. The van der Waals surface area contributed by atoms with Crippen molar-refractivity contribution in [1.29, 1.82) is 0 Å². The van der Waals surface area contributed by atoms with E-state index in [2.05, 4.69) is 26.3 Å². The fourth-order valence-electron chi connectivity index (χ4n) is 3.64. The molecule has 2 N–H and O–H groups in total. The number of rotatable bonds is 7. The van der Waals surface area contributed by atoms with Gasteiger partial charge in [-0.15, -0.1) is 11.3 Å². The third kappa shape index (κ3) is 4.48. The van der Waals surface area contributed by atoms with Crippen molar-refractivity contribution >= 4 is 17.2 Å². The fraction of sp³-hybridized carbons (Fsp3) is 0.333. The van der Waals surface area contributed by atoms with Gasteiger partial charge in [0, 0.05) is 42.3 Å². The van der Waals surface area contributed by atoms with Crippen molar-refractivity contribution in [3.05, 3.63) is 75.8 Å². The van der Waals surface area contributed by atoms with Gasteiger partial charge >= 0.3 is 0 Å². The fourth-order valence-corrected chi connectivity index (χ4v) is 4.73. The van der Waals surface area contributed by atoms with E-state index in [1.165, 1.54) is 17.0 Å². The summed E-state index contributed by atoms with van der Waals surface area (Å²) in [6.45, 7) is 2.40. The molecule has 1 aromatic carbocycles. The number of imidazole rings is 1. The first-order chi connectivity index (χ1) is 13.7. The molecule has 28 heavy (non-hydrogen) atoms. The van der Waals surface area contributed by atoms with E-state index >= 15 is 0 Å². The van der Waals surface area contributed by atoms with Gasteiger partial charge in [-0.1, -0.05) is 12.1 Å². The molecular formula is C21H23FN4OS. The van der Waals surface area contributed by atoms with E-state index in [4.69, 9.17) is 0 Å². The van der Waals surface area contributed by atoms with Crippen LogP contribution in [0, 0.1) is 5.82 Å². The number of likely N-dealkylation sites (tertiary alicyclic amines) is 1. The number of halogens is 1. The molecule has 7 heteroatoms. The van der Waals surface area contributed by atoms with Crippen molar-refractivity contribution in [2.24, 2.45) is 0 Å². The number of amides is 1. The minimum absolute atomic E-state index is 0.0288. The van der Waals surface area contributed by atoms with Gasteiger partial charge in [0.2, 0.25) is 0 Å². The van der Waals surface area contributed by atoms with Crippen LogP contribution in [0.1, 0.15) is 44.7 Å². The number of aromatic nitrogens is 2. The standard InChI is InChI=1S/C21H23FN4OS/c22-16-5-3-15(4-6-16)13-26-11-1-2-18(26)19-7-8-20(28-19)21(27)24-10-9-17-12-23-14-25-17/h3-8,12,14,18H,1-2,9-11,13H2,(H,23,25)(H,24,27). The van der Waals surface area contributed by atoms with Gasteiger partial charge in [0.15, 0.2) is 0 Å². The van der Waals surface area contributed by atoms with E-state index in [9.17, 15) is 9.18 Å². The number of nitrogens with one attached hydrogen (secondary N) is 2. The third-order valence-electron chi connectivity index (χ3n) is 5.08. The second-order valence-electron chi connectivity index (χ2n) is 7.04. The average molecular weight is 399 g/mol. The molecule has 0 bridgehead atoms. The summed E-state index contributed by atoms with van der Waals surface area (Å²) in [5, 5.41) is 2.97. The maximum atomic E-state index is 13.1. The predicted molar refractivity (Wildman–Crippen MR) is 108 cm³/mol. The highest BCUT2D eigenvalue weighted by molar-refractivity contribution is 7.14. The first kappa shape index (κ1) is 18.8. The molecule has 1 fully saturated rings. The molecule has 0 radical (unpaired) electrons. The summed E-state index contributed by atoms with van der Waals surface area (Å²) in [7, 11) is 0. The molecule has 3 aromatic rings. The maximum Gasteiger partial charge on any atom is 0.261 e. The summed E-state index contributed by atoms with van der Waals surface area (Å²) in [6.07, 6.45) is 6.36. The van der Waals surface area contributed by atoms with Gasteiger partial charge in [0.1, 0.15) is 5.82 Å². The van der Waals surface area contributed by atoms with Gasteiger partial charge in [-0.25, -0.2) is 9.37 Å². The highest BCUT2D eigenvalue weighted by Crippen LogP contribution is 2.36. The second kappa shape index (κ2) is 8.67. The molecule has 5 nitrogen and oxygen atoms in total. The van der Waals surface area contributed by atoms with Crippen molar-refractivity contribution in [3.8, 4) is 0 Å². The van der Waals surface area contributed by atoms with E-state index in [1.54, 1.807) is 23.9 Å². The lowest BCUT2D eigenvalue weighted by Crippen LogP contribution is -2.25. The summed E-state index contributed by atoms with van der Waals surface area (Å²) < 4.78 is 13.1. The normalized spacial score (nSPS) is 17.1. The highest BCUT2D eigenvalue weighted by Gasteiger charge is 2.27. The summed E-state index contributed by atoms with van der Waals surface area (Å²) in [4.78, 5) is 23.8. The van der Waals surface area contributed by atoms with E-state index in [1.807, 2.05) is 18.2 Å². The molecule has 2 aromatic heterocycles. The van der Waals surface area contributed by atoms with Crippen LogP contribution in [-0.2, 0) is 13.0 Å². The molecule has 4 rings (SSSR count). The van der Waals surface area contributed by atoms with Crippen LogP contribution in [0.3, 0.4) is 0 Å². The van der Waals surface area contributed by atoms with Crippen molar-refractivity contribution in [2.75, 3.05) is 13.1 Å². The summed E-state index contributed by atoms with van der Waals surface area (Å²) in [5.74, 6) is -0.234. The lowest BCUT2D eigenvalue weighted by molar-refractivity contribution is 0.0958. The molecule has 0 saturated carbocycles. The van der Waals surface area contributed by atoms with Crippen molar-refractivity contribution in [1.82, 2.24) is 20.2 Å². The third-order valence-corrected chi connectivity index (χ3v) is 6.26. The Labute approximate surface area is 167 Å². The van der Waals surface area contributed by atoms with Gasteiger partial charge in [0.05, 0.1) is 11.2 Å². The Bertz CT molecular complexity index is 907. The number of carbonyl (C=O) groups excluding carboxylic acids is 1. The smallest absolute Gasteiger partial charge is 0.261 e. The van der Waals surface area contributed by atoms with E-state index < -0.39 is 0 Å². The first-order valence-electron chi connectivity index (χ1n) is 9.53. The molecular weight excluding hydrogens is 375 g/mol. The topological polar surface area (TPSA) is 61.0 Å². The lowest BCUT2D eigenvalue weighted by atomic mass is 10.1. The van der Waals surface area contributed by atoms with Gasteiger partial charge in [0.25, 0.3) is 5.91 Å². The largest absolute Gasteiger partial charge is 0.351 e. The van der Waals surface area contributed by atoms with Crippen LogP contribution in [0.4, 0.5) is 4.39 Å². The average Bonchev–Trinajstić information content (AvgIpc) is 3.45. The van der Waals surface area contributed by atoms with Crippen LogP contribution < -0.4 is 5.32 Å². The Morgan fingerprint density at radius 1 is 1.29 bits per heavy atom. The molecule has 1 atom stereocenters. The highest BCUT2D eigenvalue weighted by atomic mass is 32.1. The molecule has 146 valence electrons. The lowest BCUT2D eigenvalue weighted by Gasteiger charge is -2.23. The number of aromatic amines is 1. The Balaban J connectivity index is 1.35. The Hall–Kier alpha value is -2.51. The molecule has 1 saturated heterocycles. The molecule has 1 unspecified atom stereocenters. The number of hydrogen-bond donors (Lipinski definition) is 2. The quantitative estimate of drug-likeness (QED) is 0.634.